The molecular weight excluding hydrogens is 122 g/mol. The Morgan fingerprint density at radius 2 is 1.90 bits per heavy atom. The Morgan fingerprint density at radius 1 is 1.40 bits per heavy atom. The van der Waals surface area contributed by atoms with Crippen molar-refractivity contribution in [3.05, 3.63) is 0 Å². The van der Waals surface area contributed by atoms with E-state index in [1.807, 2.05) is 6.92 Å². The first kappa shape index (κ1) is 9.52. The third kappa shape index (κ3) is 3.53. The molecule has 10 heavy (non-hydrogen) atoms. The Bertz CT molecular complexity index is 108. The summed E-state index contributed by atoms with van der Waals surface area (Å²) in [5.74, 6) is 2.65. The average molecular weight is 139 g/mol. The first-order chi connectivity index (χ1) is 4.74. The Morgan fingerprint density at radius 3 is 2.20 bits per heavy atom. The SMILES string of the molecule is C#CC(C)NC(CC)CC. The van der Waals surface area contributed by atoms with Crippen molar-refractivity contribution in [1.82, 2.24) is 5.32 Å². The van der Waals surface area contributed by atoms with E-state index in [1.54, 1.807) is 0 Å². The van der Waals surface area contributed by atoms with Gasteiger partial charge in [-0.3, -0.25) is 0 Å². The number of hydrogen-bond donors (Lipinski definition) is 1. The molecule has 0 amide bonds. The molecule has 0 saturated carbocycles. The van der Waals surface area contributed by atoms with E-state index in [0.29, 0.717) is 6.04 Å². The zero-order valence-corrected chi connectivity index (χ0v) is 7.15. The fourth-order valence-electron chi connectivity index (χ4n) is 0.926. The Balaban J connectivity index is 3.54. The maximum Gasteiger partial charge on any atom is 0.0660 e. The first-order valence-corrected chi connectivity index (χ1v) is 3.96. The smallest absolute Gasteiger partial charge is 0.0660 e. The van der Waals surface area contributed by atoms with Gasteiger partial charge in [-0.1, -0.05) is 19.8 Å². The molecule has 58 valence electrons. The molecular formula is C9H17N. The molecule has 0 bridgehead atoms. The van der Waals surface area contributed by atoms with Gasteiger partial charge in [0.1, 0.15) is 0 Å². The number of terminal acetylenes is 1. The van der Waals surface area contributed by atoms with Crippen LogP contribution in [0.15, 0.2) is 0 Å². The van der Waals surface area contributed by atoms with Gasteiger partial charge in [0, 0.05) is 6.04 Å². The van der Waals surface area contributed by atoms with Crippen molar-refractivity contribution in [2.24, 2.45) is 0 Å². The normalized spacial score (nSPS) is 13.1. The highest BCUT2D eigenvalue weighted by Gasteiger charge is 2.04. The summed E-state index contributed by atoms with van der Waals surface area (Å²) < 4.78 is 0. The van der Waals surface area contributed by atoms with Crippen LogP contribution in [0.5, 0.6) is 0 Å². The van der Waals surface area contributed by atoms with Gasteiger partial charge in [-0.25, -0.2) is 0 Å². The second-order valence-electron chi connectivity index (χ2n) is 2.57. The molecule has 1 atom stereocenters. The molecule has 0 aliphatic rings. The first-order valence-electron chi connectivity index (χ1n) is 3.96. The van der Waals surface area contributed by atoms with Crippen molar-refractivity contribution in [1.29, 1.82) is 0 Å². The van der Waals surface area contributed by atoms with Crippen molar-refractivity contribution in [2.75, 3.05) is 0 Å². The lowest BCUT2D eigenvalue weighted by molar-refractivity contribution is 0.467. The molecule has 1 heteroatoms. The molecule has 1 N–H and O–H groups in total. The topological polar surface area (TPSA) is 12.0 Å². The minimum atomic E-state index is 0.213. The fourth-order valence-corrected chi connectivity index (χ4v) is 0.926. The zero-order chi connectivity index (χ0) is 7.98. The van der Waals surface area contributed by atoms with Crippen molar-refractivity contribution in [3.8, 4) is 12.3 Å². The maximum absolute atomic E-state index is 5.22. The second kappa shape index (κ2) is 5.32. The minimum Gasteiger partial charge on any atom is -0.301 e. The van der Waals surface area contributed by atoms with Crippen LogP contribution in [0, 0.1) is 12.3 Å². The molecule has 0 aliphatic heterocycles. The van der Waals surface area contributed by atoms with E-state index in [0.717, 1.165) is 12.8 Å². The van der Waals surface area contributed by atoms with E-state index < -0.39 is 0 Å². The summed E-state index contributed by atoms with van der Waals surface area (Å²) in [6.07, 6.45) is 7.53. The number of hydrogen-bond acceptors (Lipinski definition) is 1. The van der Waals surface area contributed by atoms with E-state index in [4.69, 9.17) is 6.42 Å². The predicted octanol–water partition coefficient (Wildman–Crippen LogP) is 1.79. The molecule has 0 heterocycles. The van der Waals surface area contributed by atoms with Crippen LogP contribution in [-0.4, -0.2) is 12.1 Å². The maximum atomic E-state index is 5.22. The summed E-state index contributed by atoms with van der Waals surface area (Å²) >= 11 is 0. The van der Waals surface area contributed by atoms with Gasteiger partial charge in [0.15, 0.2) is 0 Å². The molecule has 1 unspecified atom stereocenters. The van der Waals surface area contributed by atoms with Gasteiger partial charge in [0.05, 0.1) is 6.04 Å². The lowest BCUT2D eigenvalue weighted by atomic mass is 10.1. The largest absolute Gasteiger partial charge is 0.301 e. The molecule has 0 spiro atoms. The van der Waals surface area contributed by atoms with Gasteiger partial charge in [0.25, 0.3) is 0 Å². The number of rotatable bonds is 4. The van der Waals surface area contributed by atoms with Crippen molar-refractivity contribution in [3.63, 3.8) is 0 Å². The van der Waals surface area contributed by atoms with Crippen LogP contribution >= 0.6 is 0 Å². The highest BCUT2D eigenvalue weighted by Crippen LogP contribution is 1.96. The molecule has 0 aromatic heterocycles. The lowest BCUT2D eigenvalue weighted by Gasteiger charge is -2.16. The predicted molar refractivity (Wildman–Crippen MR) is 45.8 cm³/mol. The van der Waals surface area contributed by atoms with Crippen LogP contribution in [0.25, 0.3) is 0 Å². The fraction of sp³-hybridized carbons (Fsp3) is 0.778. The van der Waals surface area contributed by atoms with Crippen LogP contribution < -0.4 is 5.32 Å². The van der Waals surface area contributed by atoms with E-state index >= 15 is 0 Å². The Labute approximate surface area is 64.2 Å². The third-order valence-corrected chi connectivity index (χ3v) is 1.72. The zero-order valence-electron chi connectivity index (χ0n) is 7.15. The van der Waals surface area contributed by atoms with Crippen LogP contribution in [0.3, 0.4) is 0 Å². The minimum absolute atomic E-state index is 0.213. The highest BCUT2D eigenvalue weighted by atomic mass is 14.9. The van der Waals surface area contributed by atoms with E-state index in [9.17, 15) is 0 Å². The van der Waals surface area contributed by atoms with Crippen LogP contribution in [0.1, 0.15) is 33.6 Å². The highest BCUT2D eigenvalue weighted by molar-refractivity contribution is 4.96. The number of nitrogens with one attached hydrogen (secondary N) is 1. The summed E-state index contributed by atoms with van der Waals surface area (Å²) in [4.78, 5) is 0. The molecule has 0 rings (SSSR count). The molecule has 0 saturated heterocycles. The molecule has 0 aromatic rings. The third-order valence-electron chi connectivity index (χ3n) is 1.72. The Hall–Kier alpha value is -0.480. The van der Waals surface area contributed by atoms with Crippen LogP contribution in [0.4, 0.5) is 0 Å². The van der Waals surface area contributed by atoms with Crippen molar-refractivity contribution < 1.29 is 0 Å². The van der Waals surface area contributed by atoms with Crippen LogP contribution in [0.2, 0.25) is 0 Å². The average Bonchev–Trinajstić information content (AvgIpc) is 1.99. The van der Waals surface area contributed by atoms with Crippen LogP contribution in [-0.2, 0) is 0 Å². The van der Waals surface area contributed by atoms with E-state index in [2.05, 4.69) is 25.1 Å². The monoisotopic (exact) mass is 139 g/mol. The van der Waals surface area contributed by atoms with Gasteiger partial charge in [-0.05, 0) is 19.8 Å². The summed E-state index contributed by atoms with van der Waals surface area (Å²) in [6.45, 7) is 6.35. The second-order valence-corrected chi connectivity index (χ2v) is 2.57. The van der Waals surface area contributed by atoms with Crippen molar-refractivity contribution >= 4 is 0 Å². The van der Waals surface area contributed by atoms with E-state index in [-0.39, 0.29) is 6.04 Å². The van der Waals surface area contributed by atoms with Gasteiger partial charge in [0.2, 0.25) is 0 Å². The molecule has 0 aliphatic carbocycles. The lowest BCUT2D eigenvalue weighted by Crippen LogP contribution is -2.34. The molecule has 0 aromatic carbocycles. The molecule has 0 fully saturated rings. The summed E-state index contributed by atoms with van der Waals surface area (Å²) in [5, 5.41) is 3.33. The molecule has 1 nitrogen and oxygen atoms in total. The van der Waals surface area contributed by atoms with Crippen molar-refractivity contribution in [2.45, 2.75) is 45.7 Å². The standard InChI is InChI=1S/C9H17N/c1-5-8(4)10-9(6-2)7-3/h1,8-10H,6-7H2,2-4H3. The quantitative estimate of drug-likeness (QED) is 0.585. The van der Waals surface area contributed by atoms with Gasteiger partial charge in [-0.2, -0.15) is 0 Å². The van der Waals surface area contributed by atoms with Gasteiger partial charge in [-0.15, -0.1) is 6.42 Å². The summed E-state index contributed by atoms with van der Waals surface area (Å²) in [7, 11) is 0. The van der Waals surface area contributed by atoms with E-state index in [1.165, 1.54) is 0 Å². The van der Waals surface area contributed by atoms with Gasteiger partial charge < -0.3 is 5.32 Å². The summed E-state index contributed by atoms with van der Waals surface area (Å²) in [5.41, 5.74) is 0. The Kier molecular flexibility index (Phi) is 5.06. The summed E-state index contributed by atoms with van der Waals surface area (Å²) in [6, 6.07) is 0.802. The van der Waals surface area contributed by atoms with Gasteiger partial charge >= 0.3 is 0 Å². The molecule has 0 radical (unpaired) electrons.